The van der Waals surface area contributed by atoms with Crippen molar-refractivity contribution in [1.29, 1.82) is 0 Å². The molecular formula is C23H28N4O3S. The summed E-state index contributed by atoms with van der Waals surface area (Å²) in [5.41, 5.74) is 3.19. The number of carboxylic acids is 1. The third-order valence-electron chi connectivity index (χ3n) is 6.73. The number of carboxylic acid groups (broad SMARTS) is 1. The van der Waals surface area contributed by atoms with E-state index in [0.717, 1.165) is 28.6 Å². The van der Waals surface area contributed by atoms with Crippen LogP contribution in [0.15, 0.2) is 29.6 Å². The molecule has 5 rings (SSSR count). The zero-order valence-electron chi connectivity index (χ0n) is 17.6. The van der Waals surface area contributed by atoms with Gasteiger partial charge in [0.15, 0.2) is 5.13 Å². The minimum absolute atomic E-state index is 0.00987. The molecule has 2 aromatic rings. The molecule has 2 aliphatic heterocycles. The number of amides is 2. The van der Waals surface area contributed by atoms with Crippen LogP contribution in [0.4, 0.5) is 15.6 Å². The van der Waals surface area contributed by atoms with Gasteiger partial charge in [-0.05, 0) is 30.5 Å². The van der Waals surface area contributed by atoms with Gasteiger partial charge < -0.3 is 5.11 Å². The maximum absolute atomic E-state index is 13.1. The van der Waals surface area contributed by atoms with E-state index in [0.29, 0.717) is 32.1 Å². The first-order valence-corrected chi connectivity index (χ1v) is 12.0. The Morgan fingerprint density at radius 3 is 2.48 bits per heavy atom. The van der Waals surface area contributed by atoms with Gasteiger partial charge in [-0.1, -0.05) is 31.4 Å². The monoisotopic (exact) mass is 440 g/mol. The van der Waals surface area contributed by atoms with Crippen molar-refractivity contribution in [2.75, 3.05) is 36.0 Å². The Hall–Kier alpha value is -2.45. The van der Waals surface area contributed by atoms with Crippen molar-refractivity contribution in [3.05, 3.63) is 40.9 Å². The summed E-state index contributed by atoms with van der Waals surface area (Å²) in [7, 11) is 0. The van der Waals surface area contributed by atoms with E-state index in [1.165, 1.54) is 32.1 Å². The van der Waals surface area contributed by atoms with Crippen LogP contribution in [0.5, 0.6) is 0 Å². The number of hydrogen-bond acceptors (Lipinski definition) is 5. The van der Waals surface area contributed by atoms with Crippen LogP contribution in [-0.2, 0) is 11.3 Å². The van der Waals surface area contributed by atoms with Crippen LogP contribution in [0.25, 0.3) is 0 Å². The van der Waals surface area contributed by atoms with Gasteiger partial charge in [-0.15, -0.1) is 11.3 Å². The normalized spacial score (nSPS) is 21.0. The number of thiazole rings is 1. The molecule has 0 unspecified atom stereocenters. The number of hydrogen-bond donors (Lipinski definition) is 1. The molecule has 3 fully saturated rings. The van der Waals surface area contributed by atoms with Crippen molar-refractivity contribution in [3.63, 3.8) is 0 Å². The van der Waals surface area contributed by atoms with Crippen LogP contribution in [0.1, 0.15) is 49.3 Å². The van der Waals surface area contributed by atoms with Crippen molar-refractivity contribution in [1.82, 2.24) is 9.88 Å². The molecular weight excluding hydrogens is 412 g/mol. The predicted octanol–water partition coefficient (Wildman–Crippen LogP) is 4.15. The quantitative estimate of drug-likeness (QED) is 0.730. The number of likely N-dealkylation sites (tertiary alicyclic amines) is 1. The number of carbonyl (C=O) groups excluding carboxylic acids is 1. The Morgan fingerprint density at radius 2 is 1.77 bits per heavy atom. The average Bonchev–Trinajstić information content (AvgIpc) is 3.38. The van der Waals surface area contributed by atoms with Crippen molar-refractivity contribution in [2.45, 2.75) is 44.6 Å². The smallest absolute Gasteiger partial charge is 0.330 e. The lowest BCUT2D eigenvalue weighted by molar-refractivity contribution is -0.147. The summed E-state index contributed by atoms with van der Waals surface area (Å²) in [6.45, 7) is 3.26. The fourth-order valence-corrected chi connectivity index (χ4v) is 5.76. The third-order valence-corrected chi connectivity index (χ3v) is 7.62. The van der Waals surface area contributed by atoms with Gasteiger partial charge in [0.1, 0.15) is 0 Å². The fraction of sp³-hybridized carbons (Fsp3) is 0.522. The lowest BCUT2D eigenvalue weighted by Gasteiger charge is -2.36. The Balaban J connectivity index is 1.20. The zero-order chi connectivity index (χ0) is 21.4. The van der Waals surface area contributed by atoms with Gasteiger partial charge in [0.2, 0.25) is 0 Å². The lowest BCUT2D eigenvalue weighted by Crippen LogP contribution is -2.49. The van der Waals surface area contributed by atoms with Crippen molar-refractivity contribution < 1.29 is 14.7 Å². The number of carbonyl (C=O) groups is 2. The molecule has 0 bridgehead atoms. The summed E-state index contributed by atoms with van der Waals surface area (Å²) in [6, 6.07) is 8.03. The number of nitrogens with zero attached hydrogens (tertiary/aromatic N) is 4. The van der Waals surface area contributed by atoms with E-state index in [4.69, 9.17) is 10.1 Å². The second kappa shape index (κ2) is 8.59. The molecule has 3 aliphatic rings. The van der Waals surface area contributed by atoms with Crippen LogP contribution < -0.4 is 9.80 Å². The highest BCUT2D eigenvalue weighted by atomic mass is 32.1. The number of urea groups is 1. The van der Waals surface area contributed by atoms with E-state index in [1.807, 2.05) is 29.2 Å². The van der Waals surface area contributed by atoms with E-state index in [2.05, 4.69) is 10.3 Å². The molecule has 1 saturated carbocycles. The predicted molar refractivity (Wildman–Crippen MR) is 121 cm³/mol. The van der Waals surface area contributed by atoms with Gasteiger partial charge in [-0.2, -0.15) is 0 Å². The number of anilines is 2. The molecule has 0 atom stereocenters. The van der Waals surface area contributed by atoms with E-state index in [9.17, 15) is 9.59 Å². The largest absolute Gasteiger partial charge is 0.481 e. The Morgan fingerprint density at radius 1 is 1.06 bits per heavy atom. The summed E-state index contributed by atoms with van der Waals surface area (Å²) < 4.78 is 0. The maximum atomic E-state index is 13.1. The highest BCUT2D eigenvalue weighted by Crippen LogP contribution is 2.36. The first-order chi connectivity index (χ1) is 15.1. The van der Waals surface area contributed by atoms with Gasteiger partial charge >= 0.3 is 12.0 Å². The fourth-order valence-electron chi connectivity index (χ4n) is 4.83. The molecule has 8 heteroatoms. The van der Waals surface area contributed by atoms with E-state index in [1.54, 1.807) is 16.2 Å². The SMILES string of the molecule is O=C(O)C1CN(Cc2ccc(N3CCN(c4nc(C5CCCCC5)cs4)C3=O)cc2)C1. The highest BCUT2D eigenvalue weighted by Gasteiger charge is 2.34. The Bertz CT molecular complexity index is 948. The maximum Gasteiger partial charge on any atom is 0.330 e. The molecule has 7 nitrogen and oxygen atoms in total. The van der Waals surface area contributed by atoms with Crippen molar-refractivity contribution >= 4 is 34.2 Å². The van der Waals surface area contributed by atoms with Crippen molar-refractivity contribution in [3.8, 4) is 0 Å². The Labute approximate surface area is 186 Å². The second-order valence-corrected chi connectivity index (χ2v) is 9.71. The van der Waals surface area contributed by atoms with Gasteiger partial charge in [-0.25, -0.2) is 9.78 Å². The van der Waals surface area contributed by atoms with Gasteiger partial charge in [-0.3, -0.25) is 19.5 Å². The second-order valence-electron chi connectivity index (χ2n) is 8.87. The van der Waals surface area contributed by atoms with Gasteiger partial charge in [0.05, 0.1) is 11.6 Å². The first-order valence-electron chi connectivity index (χ1n) is 11.2. The first kappa shape index (κ1) is 20.5. The number of benzene rings is 1. The molecule has 0 spiro atoms. The van der Waals surface area contributed by atoms with Gasteiger partial charge in [0.25, 0.3) is 0 Å². The van der Waals surface area contributed by atoms with E-state index < -0.39 is 5.97 Å². The summed E-state index contributed by atoms with van der Waals surface area (Å²) in [5, 5.41) is 12.0. The molecule has 1 aliphatic carbocycles. The van der Waals surface area contributed by atoms with Crippen LogP contribution in [0.3, 0.4) is 0 Å². The standard InChI is InChI=1S/C23H28N4O3S/c28-21(29)18-13-25(14-18)12-16-6-8-19(9-7-16)26-10-11-27(23(26)30)22-24-20(15-31-22)17-4-2-1-3-5-17/h6-9,15,17-18H,1-5,10-14H2,(H,28,29). The van der Waals surface area contributed by atoms with Crippen LogP contribution in [0, 0.1) is 5.92 Å². The molecule has 31 heavy (non-hydrogen) atoms. The topological polar surface area (TPSA) is 77.0 Å². The zero-order valence-corrected chi connectivity index (χ0v) is 18.4. The van der Waals surface area contributed by atoms with Crippen LogP contribution >= 0.6 is 11.3 Å². The molecule has 0 radical (unpaired) electrons. The lowest BCUT2D eigenvalue weighted by atomic mass is 9.87. The van der Waals surface area contributed by atoms with E-state index >= 15 is 0 Å². The number of aromatic nitrogens is 1. The van der Waals surface area contributed by atoms with Crippen LogP contribution in [-0.4, -0.2) is 53.2 Å². The minimum Gasteiger partial charge on any atom is -0.481 e. The molecule has 3 heterocycles. The average molecular weight is 441 g/mol. The summed E-state index contributed by atoms with van der Waals surface area (Å²) in [5.74, 6) is -0.399. The highest BCUT2D eigenvalue weighted by molar-refractivity contribution is 7.14. The molecule has 2 amide bonds. The van der Waals surface area contributed by atoms with Gasteiger partial charge in [0, 0.05) is 49.7 Å². The summed E-state index contributed by atoms with van der Waals surface area (Å²) in [4.78, 5) is 34.6. The number of rotatable bonds is 6. The summed E-state index contributed by atoms with van der Waals surface area (Å²) >= 11 is 1.58. The third kappa shape index (κ3) is 4.19. The molecule has 2 saturated heterocycles. The Kier molecular flexibility index (Phi) is 5.67. The molecule has 1 aromatic heterocycles. The van der Waals surface area contributed by atoms with E-state index in [-0.39, 0.29) is 11.9 Å². The molecule has 1 aromatic carbocycles. The molecule has 1 N–H and O–H groups in total. The van der Waals surface area contributed by atoms with Crippen molar-refractivity contribution in [2.24, 2.45) is 5.92 Å². The summed E-state index contributed by atoms with van der Waals surface area (Å²) in [6.07, 6.45) is 6.31. The van der Waals surface area contributed by atoms with Crippen LogP contribution in [0.2, 0.25) is 0 Å². The molecule has 164 valence electrons. The number of aliphatic carboxylic acids is 1. The minimum atomic E-state index is -0.713.